The van der Waals surface area contributed by atoms with Crippen molar-refractivity contribution in [3.8, 4) is 0 Å². The summed E-state index contributed by atoms with van der Waals surface area (Å²) in [5.74, 6) is -0.747. The second kappa shape index (κ2) is 7.40. The van der Waals surface area contributed by atoms with E-state index in [1.54, 1.807) is 4.90 Å². The van der Waals surface area contributed by atoms with E-state index in [4.69, 9.17) is 10.5 Å². The number of piperidine rings is 1. The Balaban J connectivity index is 1.80. The quantitative estimate of drug-likeness (QED) is 0.811. The van der Waals surface area contributed by atoms with Crippen LogP contribution in [0.3, 0.4) is 0 Å². The third kappa shape index (κ3) is 4.85. The Bertz CT molecular complexity index is 493. The number of hydrogen-bond donors (Lipinski definition) is 2. The van der Waals surface area contributed by atoms with Gasteiger partial charge in [-0.15, -0.1) is 0 Å². The fourth-order valence-electron chi connectivity index (χ4n) is 3.42. The second-order valence-electron chi connectivity index (χ2n) is 7.80. The minimum absolute atomic E-state index is 0.0306. The van der Waals surface area contributed by atoms with Gasteiger partial charge in [-0.3, -0.25) is 9.59 Å². The summed E-state index contributed by atoms with van der Waals surface area (Å²) < 4.78 is 5.36. The number of primary amides is 1. The lowest BCUT2D eigenvalue weighted by atomic mass is 9.94. The zero-order valence-electron chi connectivity index (χ0n) is 14.8. The summed E-state index contributed by atoms with van der Waals surface area (Å²) in [5.41, 5.74) is 4.88. The van der Waals surface area contributed by atoms with Crippen LogP contribution < -0.4 is 11.1 Å². The molecule has 24 heavy (non-hydrogen) atoms. The highest BCUT2D eigenvalue weighted by molar-refractivity contribution is 5.82. The van der Waals surface area contributed by atoms with E-state index in [2.05, 4.69) is 5.32 Å². The van der Waals surface area contributed by atoms with E-state index in [-0.39, 0.29) is 35.8 Å². The number of amides is 3. The molecule has 0 radical (unpaired) electrons. The second-order valence-corrected chi connectivity index (χ2v) is 7.80. The van der Waals surface area contributed by atoms with Crippen LogP contribution in [-0.2, 0) is 14.3 Å². The summed E-state index contributed by atoms with van der Waals surface area (Å²) >= 11 is 0. The van der Waals surface area contributed by atoms with Gasteiger partial charge in [0.2, 0.25) is 11.8 Å². The molecule has 1 heterocycles. The van der Waals surface area contributed by atoms with Crippen LogP contribution in [0.5, 0.6) is 0 Å². The highest BCUT2D eigenvalue weighted by atomic mass is 16.6. The van der Waals surface area contributed by atoms with Crippen LogP contribution in [0.2, 0.25) is 0 Å². The Labute approximate surface area is 143 Å². The molecule has 0 aromatic heterocycles. The fourth-order valence-corrected chi connectivity index (χ4v) is 3.42. The predicted octanol–water partition coefficient (Wildman–Crippen LogP) is 1.40. The Kier molecular flexibility index (Phi) is 5.72. The molecule has 1 saturated carbocycles. The zero-order chi connectivity index (χ0) is 17.9. The van der Waals surface area contributed by atoms with Gasteiger partial charge in [-0.2, -0.15) is 0 Å². The van der Waals surface area contributed by atoms with Crippen molar-refractivity contribution >= 4 is 17.9 Å². The van der Waals surface area contributed by atoms with Crippen LogP contribution in [0, 0.1) is 11.8 Å². The minimum atomic E-state index is -0.516. The van der Waals surface area contributed by atoms with Crippen LogP contribution >= 0.6 is 0 Å². The molecular weight excluding hydrogens is 310 g/mol. The molecule has 3 amide bonds. The molecule has 1 saturated heterocycles. The van der Waals surface area contributed by atoms with E-state index in [0.29, 0.717) is 25.9 Å². The molecule has 0 unspecified atom stereocenters. The highest BCUT2D eigenvalue weighted by Crippen LogP contribution is 2.27. The Hall–Kier alpha value is -1.79. The van der Waals surface area contributed by atoms with E-state index in [0.717, 1.165) is 19.3 Å². The first-order valence-corrected chi connectivity index (χ1v) is 8.75. The van der Waals surface area contributed by atoms with Gasteiger partial charge in [-0.25, -0.2) is 4.79 Å². The number of nitrogens with two attached hydrogens (primary N) is 1. The lowest BCUT2D eigenvalue weighted by Gasteiger charge is -2.33. The zero-order valence-corrected chi connectivity index (χ0v) is 14.8. The van der Waals surface area contributed by atoms with Crippen LogP contribution in [-0.4, -0.2) is 47.5 Å². The third-order valence-electron chi connectivity index (χ3n) is 4.73. The van der Waals surface area contributed by atoms with E-state index in [1.165, 1.54) is 0 Å². The van der Waals surface area contributed by atoms with Crippen molar-refractivity contribution in [3.05, 3.63) is 0 Å². The topological polar surface area (TPSA) is 102 Å². The van der Waals surface area contributed by atoms with Crippen molar-refractivity contribution < 1.29 is 19.1 Å². The number of nitrogens with zero attached hydrogens (tertiary/aromatic N) is 1. The monoisotopic (exact) mass is 339 g/mol. The van der Waals surface area contributed by atoms with Gasteiger partial charge in [0.25, 0.3) is 0 Å². The standard InChI is InChI=1S/C17H29N3O4/c1-17(2,3)24-16(23)20-9-7-11(8-10-20)15(22)19-13-6-4-5-12(13)14(18)21/h11-13H,4-10H2,1-3H3,(H2,18,21)(H,19,22)/t12-,13+/m1/s1. The molecule has 1 aliphatic heterocycles. The lowest BCUT2D eigenvalue weighted by molar-refractivity contribution is -0.128. The van der Waals surface area contributed by atoms with E-state index in [9.17, 15) is 14.4 Å². The smallest absolute Gasteiger partial charge is 0.410 e. The molecule has 3 N–H and O–H groups in total. The van der Waals surface area contributed by atoms with Gasteiger partial charge in [0, 0.05) is 25.0 Å². The van der Waals surface area contributed by atoms with Crippen molar-refractivity contribution in [2.45, 2.75) is 64.5 Å². The largest absolute Gasteiger partial charge is 0.444 e. The van der Waals surface area contributed by atoms with Crippen molar-refractivity contribution in [1.82, 2.24) is 10.2 Å². The van der Waals surface area contributed by atoms with Crippen LogP contribution in [0.25, 0.3) is 0 Å². The van der Waals surface area contributed by atoms with Crippen molar-refractivity contribution in [2.24, 2.45) is 17.6 Å². The van der Waals surface area contributed by atoms with E-state index in [1.807, 2.05) is 20.8 Å². The van der Waals surface area contributed by atoms with E-state index >= 15 is 0 Å². The third-order valence-corrected chi connectivity index (χ3v) is 4.73. The average Bonchev–Trinajstić information content (AvgIpc) is 2.94. The SMILES string of the molecule is CC(C)(C)OC(=O)N1CCC(C(=O)N[C@H]2CCC[C@H]2C(N)=O)CC1. The lowest BCUT2D eigenvalue weighted by Crippen LogP contribution is -2.48. The molecule has 7 nitrogen and oxygen atoms in total. The number of carbonyl (C=O) groups is 3. The van der Waals surface area contributed by atoms with Crippen molar-refractivity contribution in [3.63, 3.8) is 0 Å². The van der Waals surface area contributed by atoms with Crippen LogP contribution in [0.1, 0.15) is 52.9 Å². The molecule has 1 aliphatic carbocycles. The van der Waals surface area contributed by atoms with Gasteiger partial charge in [-0.1, -0.05) is 6.42 Å². The molecule has 2 rings (SSSR count). The average molecular weight is 339 g/mol. The maximum absolute atomic E-state index is 12.4. The highest BCUT2D eigenvalue weighted by Gasteiger charge is 2.35. The Morgan fingerprint density at radius 2 is 1.71 bits per heavy atom. The molecule has 0 aromatic rings. The maximum atomic E-state index is 12.4. The van der Waals surface area contributed by atoms with Crippen LogP contribution in [0.15, 0.2) is 0 Å². The molecule has 2 fully saturated rings. The van der Waals surface area contributed by atoms with Gasteiger partial charge >= 0.3 is 6.09 Å². The number of hydrogen-bond acceptors (Lipinski definition) is 4. The first-order valence-electron chi connectivity index (χ1n) is 8.75. The first-order chi connectivity index (χ1) is 11.2. The van der Waals surface area contributed by atoms with Gasteiger partial charge < -0.3 is 20.7 Å². The summed E-state index contributed by atoms with van der Waals surface area (Å²) in [6.45, 7) is 6.53. The molecule has 136 valence electrons. The van der Waals surface area contributed by atoms with Crippen molar-refractivity contribution in [1.29, 1.82) is 0 Å². The van der Waals surface area contributed by atoms with Gasteiger partial charge in [-0.05, 0) is 46.5 Å². The summed E-state index contributed by atoms with van der Waals surface area (Å²) in [6, 6.07) is -0.140. The molecular formula is C17H29N3O4. The molecule has 7 heteroatoms. The molecule has 0 aromatic carbocycles. The molecule has 2 aliphatic rings. The summed E-state index contributed by atoms with van der Waals surface area (Å²) in [6.07, 6.45) is 3.35. The molecule has 0 spiro atoms. The number of ether oxygens (including phenoxy) is 1. The van der Waals surface area contributed by atoms with E-state index < -0.39 is 5.60 Å². The number of rotatable bonds is 3. The number of likely N-dealkylation sites (tertiary alicyclic amines) is 1. The first kappa shape index (κ1) is 18.5. The number of carbonyl (C=O) groups excluding carboxylic acids is 3. The van der Waals surface area contributed by atoms with Gasteiger partial charge in [0.05, 0.1) is 5.92 Å². The minimum Gasteiger partial charge on any atom is -0.444 e. The molecule has 0 bridgehead atoms. The summed E-state index contributed by atoms with van der Waals surface area (Å²) in [7, 11) is 0. The normalized spacial score (nSPS) is 25.4. The molecule has 2 atom stereocenters. The van der Waals surface area contributed by atoms with Crippen molar-refractivity contribution in [2.75, 3.05) is 13.1 Å². The summed E-state index contributed by atoms with van der Waals surface area (Å²) in [4.78, 5) is 37.5. The van der Waals surface area contributed by atoms with Crippen LogP contribution in [0.4, 0.5) is 4.79 Å². The predicted molar refractivity (Wildman–Crippen MR) is 89.0 cm³/mol. The fraction of sp³-hybridized carbons (Fsp3) is 0.824. The Morgan fingerprint density at radius 3 is 2.25 bits per heavy atom. The van der Waals surface area contributed by atoms with Gasteiger partial charge in [0.1, 0.15) is 5.60 Å². The number of nitrogens with one attached hydrogen (secondary N) is 1. The maximum Gasteiger partial charge on any atom is 0.410 e. The Morgan fingerprint density at radius 1 is 1.08 bits per heavy atom. The summed E-state index contributed by atoms with van der Waals surface area (Å²) in [5, 5.41) is 2.99. The van der Waals surface area contributed by atoms with Gasteiger partial charge in [0.15, 0.2) is 0 Å².